The molecule has 2 N–H and O–H groups in total. The van der Waals surface area contributed by atoms with Crippen LogP contribution >= 0.6 is 0 Å². The molecule has 0 aliphatic rings. The third-order valence-electron chi connectivity index (χ3n) is 2.96. The Labute approximate surface area is 115 Å². The predicted molar refractivity (Wildman–Crippen MR) is 76.9 cm³/mol. The fourth-order valence-electron chi connectivity index (χ4n) is 1.74. The minimum atomic E-state index is 0.119. The van der Waals surface area contributed by atoms with Crippen molar-refractivity contribution in [3.63, 3.8) is 0 Å². The standard InChI is InChI=1S/C15H24N2O2/c1-17(11-5-10-16)15(18)9-13-19-12-8-14-6-3-2-4-7-14/h2-4,6-7H,5,8-13,16H2,1H3. The molecule has 0 saturated heterocycles. The van der Waals surface area contributed by atoms with E-state index < -0.39 is 0 Å². The third kappa shape index (κ3) is 6.94. The summed E-state index contributed by atoms with van der Waals surface area (Å²) in [5.74, 6) is 0.119. The summed E-state index contributed by atoms with van der Waals surface area (Å²) in [7, 11) is 1.81. The number of hydrogen-bond donors (Lipinski definition) is 1. The van der Waals surface area contributed by atoms with Gasteiger partial charge in [-0.25, -0.2) is 0 Å². The van der Waals surface area contributed by atoms with Crippen molar-refractivity contribution < 1.29 is 9.53 Å². The van der Waals surface area contributed by atoms with E-state index >= 15 is 0 Å². The number of ether oxygens (including phenoxy) is 1. The van der Waals surface area contributed by atoms with Crippen molar-refractivity contribution in [1.29, 1.82) is 0 Å². The number of rotatable bonds is 9. The highest BCUT2D eigenvalue weighted by atomic mass is 16.5. The quantitative estimate of drug-likeness (QED) is 0.687. The van der Waals surface area contributed by atoms with Gasteiger partial charge in [0.2, 0.25) is 5.91 Å². The Hall–Kier alpha value is -1.39. The summed E-state index contributed by atoms with van der Waals surface area (Å²) < 4.78 is 5.49. The molecule has 1 aromatic carbocycles. The van der Waals surface area contributed by atoms with Crippen LogP contribution in [0.3, 0.4) is 0 Å². The Kier molecular flexibility index (Phi) is 7.86. The highest BCUT2D eigenvalue weighted by molar-refractivity contribution is 5.75. The fourth-order valence-corrected chi connectivity index (χ4v) is 1.74. The van der Waals surface area contributed by atoms with Crippen LogP contribution in [-0.2, 0) is 16.0 Å². The summed E-state index contributed by atoms with van der Waals surface area (Å²) in [5, 5.41) is 0. The van der Waals surface area contributed by atoms with Crippen LogP contribution in [0.25, 0.3) is 0 Å². The van der Waals surface area contributed by atoms with Gasteiger partial charge in [-0.05, 0) is 24.9 Å². The zero-order valence-corrected chi connectivity index (χ0v) is 11.7. The van der Waals surface area contributed by atoms with E-state index in [4.69, 9.17) is 10.5 Å². The molecule has 106 valence electrons. The van der Waals surface area contributed by atoms with Gasteiger partial charge in [0.15, 0.2) is 0 Å². The van der Waals surface area contributed by atoms with Gasteiger partial charge in [0.05, 0.1) is 19.6 Å². The minimum Gasteiger partial charge on any atom is -0.381 e. The van der Waals surface area contributed by atoms with Gasteiger partial charge >= 0.3 is 0 Å². The minimum absolute atomic E-state index is 0.119. The number of carbonyl (C=O) groups is 1. The summed E-state index contributed by atoms with van der Waals surface area (Å²) in [6.45, 7) is 2.48. The van der Waals surface area contributed by atoms with Crippen LogP contribution in [0.2, 0.25) is 0 Å². The molecule has 4 heteroatoms. The number of hydrogen-bond acceptors (Lipinski definition) is 3. The molecule has 19 heavy (non-hydrogen) atoms. The molecule has 0 aliphatic heterocycles. The van der Waals surface area contributed by atoms with Gasteiger partial charge in [-0.15, -0.1) is 0 Å². The normalized spacial score (nSPS) is 10.4. The van der Waals surface area contributed by atoms with Crippen LogP contribution in [0.1, 0.15) is 18.4 Å². The molecule has 0 atom stereocenters. The lowest BCUT2D eigenvalue weighted by molar-refractivity contribution is -0.131. The van der Waals surface area contributed by atoms with E-state index in [0.29, 0.717) is 26.2 Å². The van der Waals surface area contributed by atoms with Crippen LogP contribution < -0.4 is 5.73 Å². The molecule has 1 rings (SSSR count). The van der Waals surface area contributed by atoms with Gasteiger partial charge in [0.1, 0.15) is 0 Å². The van der Waals surface area contributed by atoms with Crippen molar-refractivity contribution in [1.82, 2.24) is 4.90 Å². The first kappa shape index (κ1) is 15.7. The average molecular weight is 264 g/mol. The van der Waals surface area contributed by atoms with Crippen molar-refractivity contribution in [2.45, 2.75) is 19.3 Å². The van der Waals surface area contributed by atoms with E-state index in [9.17, 15) is 4.79 Å². The Morgan fingerprint density at radius 2 is 2.00 bits per heavy atom. The molecule has 0 bridgehead atoms. The highest BCUT2D eigenvalue weighted by Gasteiger charge is 2.07. The average Bonchev–Trinajstić information content (AvgIpc) is 2.45. The van der Waals surface area contributed by atoms with Crippen LogP contribution in [0.15, 0.2) is 30.3 Å². The van der Waals surface area contributed by atoms with E-state index in [-0.39, 0.29) is 5.91 Å². The van der Waals surface area contributed by atoms with Crippen LogP contribution in [-0.4, -0.2) is 44.2 Å². The molecular weight excluding hydrogens is 240 g/mol. The van der Waals surface area contributed by atoms with Gasteiger partial charge in [0.25, 0.3) is 0 Å². The maximum Gasteiger partial charge on any atom is 0.224 e. The second kappa shape index (κ2) is 9.53. The first-order chi connectivity index (χ1) is 9.24. The number of benzene rings is 1. The number of nitrogens with two attached hydrogens (primary N) is 1. The zero-order chi connectivity index (χ0) is 13.9. The number of nitrogens with zero attached hydrogens (tertiary/aromatic N) is 1. The van der Waals surface area contributed by atoms with Crippen molar-refractivity contribution in [2.24, 2.45) is 5.73 Å². The van der Waals surface area contributed by atoms with E-state index in [0.717, 1.165) is 19.4 Å². The maximum atomic E-state index is 11.7. The van der Waals surface area contributed by atoms with Gasteiger partial charge in [-0.1, -0.05) is 30.3 Å². The predicted octanol–water partition coefficient (Wildman–Crippen LogP) is 1.44. The molecule has 0 fully saturated rings. The van der Waals surface area contributed by atoms with Crippen molar-refractivity contribution in [3.8, 4) is 0 Å². The maximum absolute atomic E-state index is 11.7. The molecule has 1 aromatic rings. The van der Waals surface area contributed by atoms with Gasteiger partial charge < -0.3 is 15.4 Å². The zero-order valence-electron chi connectivity index (χ0n) is 11.7. The van der Waals surface area contributed by atoms with Crippen molar-refractivity contribution in [3.05, 3.63) is 35.9 Å². The first-order valence-electron chi connectivity index (χ1n) is 6.79. The monoisotopic (exact) mass is 264 g/mol. The first-order valence-corrected chi connectivity index (χ1v) is 6.79. The number of carbonyl (C=O) groups excluding carboxylic acids is 1. The third-order valence-corrected chi connectivity index (χ3v) is 2.96. The van der Waals surface area contributed by atoms with E-state index in [2.05, 4.69) is 12.1 Å². The Balaban J connectivity index is 2.05. The molecule has 0 spiro atoms. The van der Waals surface area contributed by atoms with Gasteiger partial charge in [-0.2, -0.15) is 0 Å². The lowest BCUT2D eigenvalue weighted by Gasteiger charge is -2.16. The topological polar surface area (TPSA) is 55.6 Å². The second-order valence-corrected chi connectivity index (χ2v) is 4.56. The summed E-state index contributed by atoms with van der Waals surface area (Å²) in [6.07, 6.45) is 2.17. The smallest absolute Gasteiger partial charge is 0.224 e. The molecule has 0 aliphatic carbocycles. The van der Waals surface area contributed by atoms with Crippen LogP contribution in [0.5, 0.6) is 0 Å². The molecule has 0 unspecified atom stereocenters. The number of amides is 1. The summed E-state index contributed by atoms with van der Waals surface area (Å²) in [4.78, 5) is 13.4. The molecular formula is C15H24N2O2. The highest BCUT2D eigenvalue weighted by Crippen LogP contribution is 2.00. The Morgan fingerprint density at radius 1 is 1.26 bits per heavy atom. The van der Waals surface area contributed by atoms with Crippen LogP contribution in [0.4, 0.5) is 0 Å². The Morgan fingerprint density at radius 3 is 2.68 bits per heavy atom. The summed E-state index contributed by atoms with van der Waals surface area (Å²) in [6, 6.07) is 10.2. The van der Waals surface area contributed by atoms with E-state index in [1.165, 1.54) is 5.56 Å². The molecule has 4 nitrogen and oxygen atoms in total. The summed E-state index contributed by atoms with van der Waals surface area (Å²) >= 11 is 0. The van der Waals surface area contributed by atoms with Gasteiger partial charge in [0, 0.05) is 13.6 Å². The molecule has 1 amide bonds. The molecule has 0 heterocycles. The Bertz CT molecular complexity index is 354. The molecule has 0 aromatic heterocycles. The molecule has 0 saturated carbocycles. The fraction of sp³-hybridized carbons (Fsp3) is 0.533. The van der Waals surface area contributed by atoms with Crippen molar-refractivity contribution >= 4 is 5.91 Å². The van der Waals surface area contributed by atoms with E-state index in [1.807, 2.05) is 25.2 Å². The van der Waals surface area contributed by atoms with Crippen molar-refractivity contribution in [2.75, 3.05) is 33.4 Å². The lowest BCUT2D eigenvalue weighted by atomic mass is 10.2. The SMILES string of the molecule is CN(CCCN)C(=O)CCOCCc1ccccc1. The summed E-state index contributed by atoms with van der Waals surface area (Å²) in [5.41, 5.74) is 6.67. The molecule has 0 radical (unpaired) electrons. The van der Waals surface area contributed by atoms with Crippen LogP contribution in [0, 0.1) is 0 Å². The second-order valence-electron chi connectivity index (χ2n) is 4.56. The largest absolute Gasteiger partial charge is 0.381 e. The van der Waals surface area contributed by atoms with E-state index in [1.54, 1.807) is 4.90 Å². The van der Waals surface area contributed by atoms with Gasteiger partial charge in [-0.3, -0.25) is 4.79 Å². The lowest BCUT2D eigenvalue weighted by Crippen LogP contribution is -2.29.